The molecule has 3 nitrogen and oxygen atoms in total. The van der Waals surface area contributed by atoms with Crippen LogP contribution in [0.3, 0.4) is 0 Å². The molecule has 0 amide bonds. The summed E-state index contributed by atoms with van der Waals surface area (Å²) < 4.78 is 0. The van der Waals surface area contributed by atoms with Gasteiger partial charge in [-0.2, -0.15) is 4.84 Å². The Morgan fingerprint density at radius 1 is 1.83 bits per heavy atom. The summed E-state index contributed by atoms with van der Waals surface area (Å²) in [5, 5.41) is 0. The molecule has 0 fully saturated rings. The number of carbonyl (C=O) groups excluding carboxylic acids is 1. The minimum absolute atomic E-state index is 0.322. The van der Waals surface area contributed by atoms with Crippen molar-refractivity contribution in [2.45, 2.75) is 6.92 Å². The third-order valence-electron chi connectivity index (χ3n) is 0.246. The Morgan fingerprint density at radius 3 is 2.33 bits per heavy atom. The highest BCUT2D eigenvalue weighted by Gasteiger charge is 2.01. The number of hydroxylamine groups is 1. The maximum Gasteiger partial charge on any atom is 0.594 e. The van der Waals surface area contributed by atoms with Crippen LogP contribution in [-0.2, 0) is 9.63 Å². The van der Waals surface area contributed by atoms with Gasteiger partial charge in [-0.1, -0.05) is 5.48 Å². The average molecular weight is 89.1 g/mol. The summed E-state index contributed by atoms with van der Waals surface area (Å²) in [6.45, 7) is 1.33. The molecule has 0 heterocycles. The van der Waals surface area contributed by atoms with Crippen molar-refractivity contribution in [3.05, 3.63) is 0 Å². The number of carbonyl (C=O) groups is 1. The second-order valence-electron chi connectivity index (χ2n) is 0.798. The lowest BCUT2D eigenvalue weighted by molar-refractivity contribution is -0.147. The van der Waals surface area contributed by atoms with Crippen LogP contribution in [0.15, 0.2) is 0 Å². The molecule has 0 atom stereocenters. The van der Waals surface area contributed by atoms with Crippen molar-refractivity contribution in [2.24, 2.45) is 0 Å². The Kier molecular flexibility index (Phi) is 2.40. The van der Waals surface area contributed by atoms with Crippen molar-refractivity contribution in [3.8, 4) is 0 Å². The topological polar surface area (TPSA) is 41.2 Å². The summed E-state index contributed by atoms with van der Waals surface area (Å²) in [6, 6.07) is 0. The minimum atomic E-state index is -0.322. The number of hydrogen-bond donors (Lipinski definition) is 1. The first-order valence-corrected chi connectivity index (χ1v) is 1.61. The Balaban J connectivity index is 2.83. The van der Waals surface area contributed by atoms with E-state index in [1.165, 1.54) is 14.0 Å². The minimum Gasteiger partial charge on any atom is -0.200 e. The number of hydrogen-bond acceptors (Lipinski definition) is 3. The van der Waals surface area contributed by atoms with E-state index < -0.39 is 0 Å². The second-order valence-corrected chi connectivity index (χ2v) is 0.798. The molecular weight excluding hydrogens is 82.0 g/mol. The molecule has 0 saturated heterocycles. The van der Waals surface area contributed by atoms with Crippen molar-refractivity contribution in [1.82, 2.24) is 5.48 Å². The summed E-state index contributed by atoms with van der Waals surface area (Å²) in [5.41, 5.74) is 2.22. The molecule has 0 aliphatic rings. The molecule has 0 aromatic carbocycles. The van der Waals surface area contributed by atoms with Crippen LogP contribution < -0.4 is 5.48 Å². The third-order valence-corrected chi connectivity index (χ3v) is 0.246. The monoisotopic (exact) mass is 89.0 g/mol. The Bertz CT molecular complexity index is 52.8. The van der Waals surface area contributed by atoms with Crippen molar-refractivity contribution in [2.75, 3.05) is 7.05 Å². The largest absolute Gasteiger partial charge is 0.594 e. The van der Waals surface area contributed by atoms with Crippen molar-refractivity contribution < 1.29 is 9.63 Å². The summed E-state index contributed by atoms with van der Waals surface area (Å²) in [4.78, 5) is 13.9. The highest BCUT2D eigenvalue weighted by molar-refractivity contribution is 5.65. The lowest BCUT2D eigenvalue weighted by Gasteiger charge is -1.74. The van der Waals surface area contributed by atoms with E-state index in [-0.39, 0.29) is 5.97 Å². The van der Waals surface area contributed by atoms with Gasteiger partial charge in [-0.05, 0) is 0 Å². The van der Waals surface area contributed by atoms with Crippen LogP contribution in [0, 0.1) is 0 Å². The van der Waals surface area contributed by atoms with Gasteiger partial charge in [0.2, 0.25) is 0 Å². The van der Waals surface area contributed by atoms with Gasteiger partial charge in [-0.25, -0.2) is 0 Å². The van der Waals surface area contributed by atoms with Crippen LogP contribution in [0.25, 0.3) is 0 Å². The molecular formula is C3H7NO2+. The van der Waals surface area contributed by atoms with Crippen LogP contribution >= 0.6 is 0 Å². The lowest BCUT2D eigenvalue weighted by atomic mass is 10.8. The first kappa shape index (κ1) is 5.43. The quantitative estimate of drug-likeness (QED) is 0.353. The normalized spacial score (nSPS) is 7.67. The molecule has 3 heteroatoms. The maximum atomic E-state index is 9.76. The molecule has 0 unspecified atom stereocenters. The van der Waals surface area contributed by atoms with Crippen molar-refractivity contribution in [3.63, 3.8) is 0 Å². The average Bonchev–Trinajstić information content (AvgIpc) is 1.35. The molecule has 1 N–H and O–H groups in total. The maximum absolute atomic E-state index is 9.76. The fraction of sp³-hybridized carbons (Fsp3) is 0.667. The van der Waals surface area contributed by atoms with E-state index in [2.05, 4.69) is 10.3 Å². The Labute approximate surface area is 36.2 Å². The first-order chi connectivity index (χ1) is 2.77. The van der Waals surface area contributed by atoms with Crippen LogP contribution in [0.4, 0.5) is 0 Å². The van der Waals surface area contributed by atoms with Gasteiger partial charge in [0.25, 0.3) is 0 Å². The molecule has 1 radical (unpaired) electrons. The number of nitrogens with one attached hydrogen (secondary N) is 1. The van der Waals surface area contributed by atoms with E-state index in [1.54, 1.807) is 0 Å². The smallest absolute Gasteiger partial charge is 0.200 e. The highest BCUT2D eigenvalue weighted by Crippen LogP contribution is 1.60. The van der Waals surface area contributed by atoms with Crippen LogP contribution in [0.5, 0.6) is 0 Å². The van der Waals surface area contributed by atoms with E-state index in [0.717, 1.165) is 0 Å². The fourth-order valence-electron chi connectivity index (χ4n) is 0.144. The first-order valence-electron chi connectivity index (χ1n) is 1.61. The van der Waals surface area contributed by atoms with Gasteiger partial charge in [-0.15, -0.1) is 0 Å². The summed E-state index contributed by atoms with van der Waals surface area (Å²) >= 11 is 0. The predicted molar refractivity (Wildman–Crippen MR) is 20.8 cm³/mol. The molecule has 0 aromatic heterocycles. The van der Waals surface area contributed by atoms with Crippen molar-refractivity contribution >= 4 is 5.97 Å². The van der Waals surface area contributed by atoms with Crippen LogP contribution in [0.2, 0.25) is 0 Å². The second kappa shape index (κ2) is 2.66. The number of rotatable bonds is 1. The Morgan fingerprint density at radius 2 is 2.33 bits per heavy atom. The molecule has 6 heavy (non-hydrogen) atoms. The summed E-state index contributed by atoms with van der Waals surface area (Å²) in [6.07, 6.45) is 0. The molecule has 0 saturated carbocycles. The van der Waals surface area contributed by atoms with Crippen LogP contribution in [0.1, 0.15) is 6.92 Å². The molecule has 0 spiro atoms. The fourth-order valence-corrected chi connectivity index (χ4v) is 0.144. The zero-order valence-corrected chi connectivity index (χ0v) is 3.82. The molecule has 0 aliphatic carbocycles. The molecule has 0 bridgehead atoms. The molecule has 0 aliphatic heterocycles. The van der Waals surface area contributed by atoms with E-state index in [9.17, 15) is 4.79 Å². The summed E-state index contributed by atoms with van der Waals surface area (Å²) in [7, 11) is 1.53. The van der Waals surface area contributed by atoms with Gasteiger partial charge in [0.05, 0.1) is 4.79 Å². The Hall–Kier alpha value is -0.570. The van der Waals surface area contributed by atoms with Gasteiger partial charge < -0.3 is 0 Å². The third kappa shape index (κ3) is 3.43. The SMILES string of the molecule is CNOC(C)=[O+]. The predicted octanol–water partition coefficient (Wildman–Crippen LogP) is -0.316. The van der Waals surface area contributed by atoms with E-state index in [4.69, 9.17) is 0 Å². The van der Waals surface area contributed by atoms with E-state index in [0.29, 0.717) is 0 Å². The van der Waals surface area contributed by atoms with E-state index >= 15 is 0 Å². The van der Waals surface area contributed by atoms with Gasteiger partial charge >= 0.3 is 5.97 Å². The van der Waals surface area contributed by atoms with Crippen LogP contribution in [-0.4, -0.2) is 13.0 Å². The standard InChI is InChI=1S/C3H7NO2/c1-3(5)6-4-2/h4H,1-2H3/q+1. The molecule has 0 rings (SSSR count). The van der Waals surface area contributed by atoms with E-state index in [1.807, 2.05) is 0 Å². The van der Waals surface area contributed by atoms with Crippen molar-refractivity contribution in [1.29, 1.82) is 0 Å². The summed E-state index contributed by atoms with van der Waals surface area (Å²) in [5.74, 6) is -0.322. The van der Waals surface area contributed by atoms with Gasteiger partial charge in [0.15, 0.2) is 0 Å². The van der Waals surface area contributed by atoms with Gasteiger partial charge in [0, 0.05) is 7.05 Å². The van der Waals surface area contributed by atoms with Gasteiger partial charge in [0.1, 0.15) is 6.92 Å². The highest BCUT2D eigenvalue weighted by atomic mass is 16.7. The molecule has 0 aromatic rings. The van der Waals surface area contributed by atoms with Gasteiger partial charge in [-0.3, -0.25) is 0 Å². The molecule has 35 valence electrons. The lowest BCUT2D eigenvalue weighted by Crippen LogP contribution is -2.10. The zero-order valence-electron chi connectivity index (χ0n) is 3.82. The zero-order chi connectivity index (χ0) is 4.99.